The molecular weight excluding hydrogens is 244 g/mol. The summed E-state index contributed by atoms with van der Waals surface area (Å²) in [5.41, 5.74) is 2.70. The van der Waals surface area contributed by atoms with E-state index in [1.54, 1.807) is 0 Å². The van der Waals surface area contributed by atoms with Gasteiger partial charge in [0.1, 0.15) is 5.78 Å². The van der Waals surface area contributed by atoms with Gasteiger partial charge in [-0.05, 0) is 48.1 Å². The van der Waals surface area contributed by atoms with Gasteiger partial charge in [0, 0.05) is 12.3 Å². The van der Waals surface area contributed by atoms with E-state index in [4.69, 9.17) is 0 Å². The van der Waals surface area contributed by atoms with E-state index in [-0.39, 0.29) is 5.92 Å². The molecule has 0 amide bonds. The van der Waals surface area contributed by atoms with Gasteiger partial charge in [0.25, 0.3) is 0 Å². The second kappa shape index (κ2) is 6.56. The third-order valence-electron chi connectivity index (χ3n) is 4.88. The Morgan fingerprint density at radius 3 is 2.30 bits per heavy atom. The molecule has 1 nitrogen and oxygen atoms in total. The Bertz CT molecular complexity index is 441. The van der Waals surface area contributed by atoms with Crippen LogP contribution in [-0.2, 0) is 11.2 Å². The number of hydrogen-bond donors (Lipinski definition) is 0. The zero-order valence-electron chi connectivity index (χ0n) is 13.4. The molecule has 1 aromatic carbocycles. The molecule has 0 radical (unpaired) electrons. The first kappa shape index (κ1) is 15.3. The largest absolute Gasteiger partial charge is 0.299 e. The van der Waals surface area contributed by atoms with Crippen molar-refractivity contribution in [3.05, 3.63) is 35.4 Å². The first-order valence-electron chi connectivity index (χ1n) is 8.09. The van der Waals surface area contributed by atoms with Crippen molar-refractivity contribution < 1.29 is 4.79 Å². The highest BCUT2D eigenvalue weighted by atomic mass is 16.1. The van der Waals surface area contributed by atoms with Crippen LogP contribution in [0.1, 0.15) is 64.0 Å². The molecule has 1 saturated carbocycles. The van der Waals surface area contributed by atoms with Gasteiger partial charge in [-0.25, -0.2) is 0 Å². The maximum atomic E-state index is 12.1. The summed E-state index contributed by atoms with van der Waals surface area (Å²) in [5.74, 6) is 2.74. The highest BCUT2D eigenvalue weighted by Crippen LogP contribution is 2.33. The average molecular weight is 272 g/mol. The van der Waals surface area contributed by atoms with Crippen LogP contribution in [0.3, 0.4) is 0 Å². The van der Waals surface area contributed by atoms with E-state index in [1.807, 2.05) is 0 Å². The van der Waals surface area contributed by atoms with Crippen LogP contribution in [0.5, 0.6) is 0 Å². The van der Waals surface area contributed by atoms with Gasteiger partial charge in [0.05, 0.1) is 0 Å². The molecule has 0 heterocycles. The lowest BCUT2D eigenvalue weighted by Crippen LogP contribution is -2.28. The van der Waals surface area contributed by atoms with Crippen LogP contribution >= 0.6 is 0 Å². The van der Waals surface area contributed by atoms with Crippen LogP contribution in [0.25, 0.3) is 0 Å². The van der Waals surface area contributed by atoms with E-state index >= 15 is 0 Å². The first-order valence-corrected chi connectivity index (χ1v) is 8.09. The van der Waals surface area contributed by atoms with Crippen molar-refractivity contribution in [2.45, 2.75) is 59.3 Å². The summed E-state index contributed by atoms with van der Waals surface area (Å²) in [6.45, 7) is 9.00. The molecule has 0 aromatic heterocycles. The minimum absolute atomic E-state index is 0.251. The van der Waals surface area contributed by atoms with Crippen molar-refractivity contribution in [3.8, 4) is 0 Å². The molecule has 1 aliphatic carbocycles. The van der Waals surface area contributed by atoms with Gasteiger partial charge in [-0.3, -0.25) is 4.79 Å². The van der Waals surface area contributed by atoms with Crippen molar-refractivity contribution in [2.24, 2.45) is 17.8 Å². The third-order valence-corrected chi connectivity index (χ3v) is 4.88. The van der Waals surface area contributed by atoms with Crippen molar-refractivity contribution >= 4 is 5.78 Å². The summed E-state index contributed by atoms with van der Waals surface area (Å²) in [5, 5.41) is 0. The maximum absolute atomic E-state index is 12.1. The van der Waals surface area contributed by atoms with Crippen molar-refractivity contribution in [3.63, 3.8) is 0 Å². The van der Waals surface area contributed by atoms with Crippen LogP contribution in [-0.4, -0.2) is 5.78 Å². The van der Waals surface area contributed by atoms with E-state index in [2.05, 4.69) is 52.0 Å². The predicted molar refractivity (Wildman–Crippen MR) is 84.9 cm³/mol. The SMILES string of the molecule is CC(C)c1ccc(CC2CC(C(C)C)CCC2=O)cc1. The van der Waals surface area contributed by atoms with Crippen molar-refractivity contribution in [1.82, 2.24) is 0 Å². The molecule has 20 heavy (non-hydrogen) atoms. The molecule has 2 rings (SSSR count). The number of carbonyl (C=O) groups excluding carboxylic acids is 1. The van der Waals surface area contributed by atoms with Crippen LogP contribution in [0.4, 0.5) is 0 Å². The third kappa shape index (κ3) is 3.71. The van der Waals surface area contributed by atoms with Gasteiger partial charge in [0.2, 0.25) is 0 Å². The topological polar surface area (TPSA) is 17.1 Å². The standard InChI is InChI=1S/C19H28O/c1-13(2)16-7-5-15(6-8-16)11-18-12-17(14(3)4)9-10-19(18)20/h5-8,13-14,17-18H,9-12H2,1-4H3. The molecule has 1 aromatic rings. The second-order valence-corrected chi connectivity index (χ2v) is 7.04. The fraction of sp³-hybridized carbons (Fsp3) is 0.632. The molecule has 1 aliphatic rings. The van der Waals surface area contributed by atoms with Gasteiger partial charge in [-0.15, -0.1) is 0 Å². The van der Waals surface area contributed by atoms with E-state index in [9.17, 15) is 4.79 Å². The second-order valence-electron chi connectivity index (χ2n) is 7.04. The first-order chi connectivity index (χ1) is 9.47. The Morgan fingerprint density at radius 1 is 1.10 bits per heavy atom. The zero-order valence-corrected chi connectivity index (χ0v) is 13.4. The van der Waals surface area contributed by atoms with Crippen LogP contribution in [0, 0.1) is 17.8 Å². The molecule has 0 saturated heterocycles. The monoisotopic (exact) mass is 272 g/mol. The van der Waals surface area contributed by atoms with Gasteiger partial charge >= 0.3 is 0 Å². The number of rotatable bonds is 4. The number of Topliss-reactive ketones (excluding diaryl/α,β-unsaturated/α-hetero) is 1. The fourth-order valence-corrected chi connectivity index (χ4v) is 3.27. The van der Waals surface area contributed by atoms with E-state index in [0.29, 0.717) is 17.6 Å². The number of ketones is 1. The molecule has 1 heteroatoms. The Hall–Kier alpha value is -1.11. The number of carbonyl (C=O) groups is 1. The van der Waals surface area contributed by atoms with Crippen LogP contribution in [0.15, 0.2) is 24.3 Å². The highest BCUT2D eigenvalue weighted by molar-refractivity contribution is 5.82. The molecular formula is C19H28O. The number of benzene rings is 1. The summed E-state index contributed by atoms with van der Waals surface area (Å²) in [6, 6.07) is 8.85. The lowest BCUT2D eigenvalue weighted by atomic mass is 9.73. The van der Waals surface area contributed by atoms with Gasteiger partial charge in [0.15, 0.2) is 0 Å². The van der Waals surface area contributed by atoms with Gasteiger partial charge in [-0.2, -0.15) is 0 Å². The molecule has 110 valence electrons. The number of hydrogen-bond acceptors (Lipinski definition) is 1. The Kier molecular flexibility index (Phi) is 5.01. The normalized spacial score (nSPS) is 23.6. The molecule has 0 aliphatic heterocycles. The molecule has 0 bridgehead atoms. The summed E-state index contributed by atoms with van der Waals surface area (Å²) < 4.78 is 0. The van der Waals surface area contributed by atoms with E-state index in [0.717, 1.165) is 31.6 Å². The minimum Gasteiger partial charge on any atom is -0.299 e. The Morgan fingerprint density at radius 2 is 1.75 bits per heavy atom. The molecule has 0 N–H and O–H groups in total. The van der Waals surface area contributed by atoms with Gasteiger partial charge < -0.3 is 0 Å². The zero-order chi connectivity index (χ0) is 14.7. The molecule has 2 atom stereocenters. The lowest BCUT2D eigenvalue weighted by Gasteiger charge is -2.30. The summed E-state index contributed by atoms with van der Waals surface area (Å²) in [6.07, 6.45) is 3.90. The van der Waals surface area contributed by atoms with Crippen LogP contribution < -0.4 is 0 Å². The van der Waals surface area contributed by atoms with Crippen molar-refractivity contribution in [1.29, 1.82) is 0 Å². The minimum atomic E-state index is 0.251. The Balaban J connectivity index is 2.02. The summed E-state index contributed by atoms with van der Waals surface area (Å²) in [7, 11) is 0. The molecule has 1 fully saturated rings. The highest BCUT2D eigenvalue weighted by Gasteiger charge is 2.30. The lowest BCUT2D eigenvalue weighted by molar-refractivity contribution is -0.125. The van der Waals surface area contributed by atoms with E-state index < -0.39 is 0 Å². The van der Waals surface area contributed by atoms with Crippen molar-refractivity contribution in [2.75, 3.05) is 0 Å². The van der Waals surface area contributed by atoms with Gasteiger partial charge in [-0.1, -0.05) is 52.0 Å². The summed E-state index contributed by atoms with van der Waals surface area (Å²) >= 11 is 0. The predicted octanol–water partition coefficient (Wildman–Crippen LogP) is 4.99. The van der Waals surface area contributed by atoms with E-state index in [1.165, 1.54) is 11.1 Å². The summed E-state index contributed by atoms with van der Waals surface area (Å²) in [4.78, 5) is 12.1. The average Bonchev–Trinajstić information content (AvgIpc) is 2.41. The fourth-order valence-electron chi connectivity index (χ4n) is 3.27. The maximum Gasteiger partial charge on any atom is 0.136 e. The Labute approximate surface area is 123 Å². The smallest absolute Gasteiger partial charge is 0.136 e. The van der Waals surface area contributed by atoms with Crippen LogP contribution in [0.2, 0.25) is 0 Å². The molecule has 0 spiro atoms. The quantitative estimate of drug-likeness (QED) is 0.754. The molecule has 2 unspecified atom stereocenters.